The van der Waals surface area contributed by atoms with E-state index in [1.165, 1.54) is 0 Å². The molecule has 0 saturated heterocycles. The molecule has 0 aromatic heterocycles. The van der Waals surface area contributed by atoms with E-state index in [1.807, 2.05) is 18.2 Å². The van der Waals surface area contributed by atoms with E-state index in [0.717, 1.165) is 47.0 Å². The Morgan fingerprint density at radius 2 is 2.00 bits per heavy atom. The van der Waals surface area contributed by atoms with Crippen LogP contribution in [0.1, 0.15) is 33.1 Å². The van der Waals surface area contributed by atoms with E-state index in [1.54, 1.807) is 0 Å². The van der Waals surface area contributed by atoms with Crippen molar-refractivity contribution in [2.24, 2.45) is 0 Å². The molecule has 1 unspecified atom stereocenters. The van der Waals surface area contributed by atoms with Crippen LogP contribution in [0.2, 0.25) is 0 Å². The number of benzene rings is 1. The van der Waals surface area contributed by atoms with Gasteiger partial charge in [0.1, 0.15) is 11.9 Å². The number of hydrogen-bond acceptors (Lipinski definition) is 2. The average Bonchev–Trinajstić information content (AvgIpc) is 2.33. The second-order valence-corrected chi connectivity index (χ2v) is 6.08. The zero-order valence-corrected chi connectivity index (χ0v) is 14.2. The Kier molecular flexibility index (Phi) is 7.95. The van der Waals surface area contributed by atoms with Gasteiger partial charge in [-0.2, -0.15) is 0 Å². The van der Waals surface area contributed by atoms with E-state index in [-0.39, 0.29) is 6.10 Å². The number of nitrogens with one attached hydrogen (secondary N) is 1. The minimum atomic E-state index is 0.235. The zero-order valence-electron chi connectivity index (χ0n) is 11.0. The zero-order chi connectivity index (χ0) is 13.4. The maximum atomic E-state index is 6.06. The lowest BCUT2D eigenvalue weighted by molar-refractivity contribution is 0.185. The van der Waals surface area contributed by atoms with Crippen molar-refractivity contribution in [1.29, 1.82) is 0 Å². The van der Waals surface area contributed by atoms with Crippen LogP contribution in [0, 0.1) is 0 Å². The molecule has 0 heterocycles. The first-order valence-electron chi connectivity index (χ1n) is 6.49. The van der Waals surface area contributed by atoms with Gasteiger partial charge in [0.25, 0.3) is 0 Å². The fraction of sp³-hybridized carbons (Fsp3) is 0.571. The predicted molar refractivity (Wildman–Crippen MR) is 84.3 cm³/mol. The van der Waals surface area contributed by atoms with Gasteiger partial charge < -0.3 is 10.1 Å². The third-order valence-electron chi connectivity index (χ3n) is 2.60. The second-order valence-electron chi connectivity index (χ2n) is 4.31. The van der Waals surface area contributed by atoms with E-state index in [4.69, 9.17) is 4.74 Å². The van der Waals surface area contributed by atoms with Gasteiger partial charge in [-0.1, -0.05) is 36.2 Å². The van der Waals surface area contributed by atoms with Crippen molar-refractivity contribution in [3.8, 4) is 5.75 Å². The lowest BCUT2D eigenvalue weighted by Crippen LogP contribution is -2.31. The summed E-state index contributed by atoms with van der Waals surface area (Å²) in [5, 5.41) is 3.42. The smallest absolute Gasteiger partial charge is 0.134 e. The fourth-order valence-corrected chi connectivity index (χ4v) is 2.86. The minimum absolute atomic E-state index is 0.235. The van der Waals surface area contributed by atoms with E-state index in [2.05, 4.69) is 51.0 Å². The molecule has 18 heavy (non-hydrogen) atoms. The van der Waals surface area contributed by atoms with Crippen LogP contribution in [0.3, 0.4) is 0 Å². The van der Waals surface area contributed by atoms with Gasteiger partial charge in [-0.15, -0.1) is 0 Å². The number of ether oxygens (including phenoxy) is 1. The van der Waals surface area contributed by atoms with Gasteiger partial charge in [-0.3, -0.25) is 0 Å². The summed E-state index contributed by atoms with van der Waals surface area (Å²) in [6.45, 7) is 6.32. The topological polar surface area (TPSA) is 21.3 Å². The highest BCUT2D eigenvalue weighted by Crippen LogP contribution is 2.29. The Balaban J connectivity index is 2.58. The van der Waals surface area contributed by atoms with Crippen LogP contribution in [-0.2, 0) is 0 Å². The van der Waals surface area contributed by atoms with E-state index < -0.39 is 0 Å². The minimum Gasteiger partial charge on any atom is -0.488 e. The van der Waals surface area contributed by atoms with Crippen LogP contribution in [0.15, 0.2) is 27.1 Å². The summed E-state index contributed by atoms with van der Waals surface area (Å²) in [6.07, 6.45) is 3.59. The predicted octanol–water partition coefficient (Wildman–Crippen LogP) is 4.76. The summed E-state index contributed by atoms with van der Waals surface area (Å²) in [4.78, 5) is 0. The Morgan fingerprint density at radius 1 is 1.22 bits per heavy atom. The van der Waals surface area contributed by atoms with Crippen molar-refractivity contribution in [1.82, 2.24) is 5.32 Å². The Morgan fingerprint density at radius 3 is 2.61 bits per heavy atom. The highest BCUT2D eigenvalue weighted by Gasteiger charge is 2.11. The first kappa shape index (κ1) is 16.0. The van der Waals surface area contributed by atoms with Crippen LogP contribution >= 0.6 is 31.9 Å². The van der Waals surface area contributed by atoms with Gasteiger partial charge in [-0.05, 0) is 53.5 Å². The molecule has 0 amide bonds. The maximum absolute atomic E-state index is 6.06. The Labute approximate surface area is 127 Å². The van der Waals surface area contributed by atoms with Gasteiger partial charge in [0.2, 0.25) is 0 Å². The molecule has 1 aromatic rings. The van der Waals surface area contributed by atoms with Gasteiger partial charge in [-0.25, -0.2) is 0 Å². The third-order valence-corrected chi connectivity index (χ3v) is 3.71. The number of rotatable bonds is 8. The summed E-state index contributed by atoms with van der Waals surface area (Å²) in [6, 6.07) is 6.01. The summed E-state index contributed by atoms with van der Waals surface area (Å²) < 4.78 is 8.10. The highest BCUT2D eigenvalue weighted by molar-refractivity contribution is 9.11. The van der Waals surface area contributed by atoms with E-state index >= 15 is 0 Å². The quantitative estimate of drug-likeness (QED) is 0.658. The highest BCUT2D eigenvalue weighted by atomic mass is 79.9. The van der Waals surface area contributed by atoms with Gasteiger partial charge in [0, 0.05) is 11.0 Å². The average molecular weight is 379 g/mol. The third kappa shape index (κ3) is 5.72. The largest absolute Gasteiger partial charge is 0.488 e. The molecule has 2 nitrogen and oxygen atoms in total. The van der Waals surface area contributed by atoms with Crippen LogP contribution < -0.4 is 10.1 Å². The van der Waals surface area contributed by atoms with Crippen molar-refractivity contribution >= 4 is 31.9 Å². The molecular formula is C14H21Br2NO. The molecule has 1 atom stereocenters. The van der Waals surface area contributed by atoms with Crippen molar-refractivity contribution in [3.05, 3.63) is 27.1 Å². The maximum Gasteiger partial charge on any atom is 0.134 e. The first-order valence-corrected chi connectivity index (χ1v) is 8.08. The molecule has 0 aliphatic carbocycles. The normalized spacial score (nSPS) is 12.4. The van der Waals surface area contributed by atoms with Crippen molar-refractivity contribution in [3.63, 3.8) is 0 Å². The van der Waals surface area contributed by atoms with Gasteiger partial charge in [0.15, 0.2) is 0 Å². The van der Waals surface area contributed by atoms with Crippen LogP contribution in [-0.4, -0.2) is 19.2 Å². The Bertz CT molecular complexity index is 358. The Hall–Kier alpha value is -0.0600. The SMILES string of the molecule is CCCNCC(CCC)Oc1ccc(Br)cc1Br. The van der Waals surface area contributed by atoms with E-state index in [9.17, 15) is 0 Å². The molecular weight excluding hydrogens is 358 g/mol. The summed E-state index contributed by atoms with van der Waals surface area (Å²) in [7, 11) is 0. The second kappa shape index (κ2) is 8.94. The molecule has 1 N–H and O–H groups in total. The summed E-state index contributed by atoms with van der Waals surface area (Å²) >= 11 is 6.98. The lowest BCUT2D eigenvalue weighted by Gasteiger charge is -2.20. The monoisotopic (exact) mass is 377 g/mol. The fourth-order valence-electron chi connectivity index (χ4n) is 1.71. The molecule has 0 aliphatic rings. The summed E-state index contributed by atoms with van der Waals surface area (Å²) in [5.41, 5.74) is 0. The molecule has 0 bridgehead atoms. The standard InChI is InChI=1S/C14H21Br2NO/c1-3-5-12(10-17-8-4-2)18-14-7-6-11(15)9-13(14)16/h6-7,9,12,17H,3-5,8,10H2,1-2H3. The molecule has 1 rings (SSSR count). The van der Waals surface area contributed by atoms with Crippen LogP contribution in [0.25, 0.3) is 0 Å². The first-order chi connectivity index (χ1) is 8.67. The van der Waals surface area contributed by atoms with E-state index in [0.29, 0.717) is 0 Å². The molecule has 0 fully saturated rings. The molecule has 0 saturated carbocycles. The molecule has 4 heteroatoms. The molecule has 102 valence electrons. The number of hydrogen-bond donors (Lipinski definition) is 1. The molecule has 0 spiro atoms. The van der Waals surface area contributed by atoms with Crippen LogP contribution in [0.5, 0.6) is 5.75 Å². The molecule has 0 aliphatic heterocycles. The van der Waals surface area contributed by atoms with Crippen molar-refractivity contribution in [2.75, 3.05) is 13.1 Å². The number of halogens is 2. The van der Waals surface area contributed by atoms with Gasteiger partial charge >= 0.3 is 0 Å². The lowest BCUT2D eigenvalue weighted by atomic mass is 10.2. The molecule has 1 aromatic carbocycles. The van der Waals surface area contributed by atoms with Crippen molar-refractivity contribution in [2.45, 2.75) is 39.2 Å². The summed E-state index contributed by atoms with van der Waals surface area (Å²) in [5.74, 6) is 0.912. The van der Waals surface area contributed by atoms with Gasteiger partial charge in [0.05, 0.1) is 4.47 Å². The van der Waals surface area contributed by atoms with Crippen LogP contribution in [0.4, 0.5) is 0 Å². The van der Waals surface area contributed by atoms with Crippen molar-refractivity contribution < 1.29 is 4.74 Å². The molecule has 0 radical (unpaired) electrons.